The molecule has 6 rings (SSSR count). The number of halogens is 1. The maximum absolute atomic E-state index is 14.0. The molecular formula is C32H33ClN4O4. The minimum atomic E-state index is -0.283. The summed E-state index contributed by atoms with van der Waals surface area (Å²) in [7, 11) is 1.55. The number of likely N-dealkylation sites (tertiary alicyclic amines) is 1. The van der Waals surface area contributed by atoms with Crippen molar-refractivity contribution in [1.82, 2.24) is 14.8 Å². The van der Waals surface area contributed by atoms with Crippen LogP contribution in [0, 0.1) is 0 Å². The lowest BCUT2D eigenvalue weighted by atomic mass is 10.1. The summed E-state index contributed by atoms with van der Waals surface area (Å²) < 4.78 is 11.7. The van der Waals surface area contributed by atoms with Gasteiger partial charge in [-0.05, 0) is 61.6 Å². The van der Waals surface area contributed by atoms with Crippen molar-refractivity contribution in [3.05, 3.63) is 88.4 Å². The first-order valence-corrected chi connectivity index (χ1v) is 14.4. The highest BCUT2D eigenvalue weighted by atomic mass is 35.5. The van der Waals surface area contributed by atoms with E-state index in [-0.39, 0.29) is 23.4 Å². The van der Waals surface area contributed by atoms with E-state index in [0.29, 0.717) is 59.5 Å². The third-order valence-corrected chi connectivity index (χ3v) is 8.37. The van der Waals surface area contributed by atoms with Crippen molar-refractivity contribution in [1.29, 1.82) is 0 Å². The van der Waals surface area contributed by atoms with Crippen LogP contribution in [-0.4, -0.2) is 52.8 Å². The first-order chi connectivity index (χ1) is 19.8. The van der Waals surface area contributed by atoms with Crippen molar-refractivity contribution < 1.29 is 18.7 Å². The summed E-state index contributed by atoms with van der Waals surface area (Å²) in [5.74, 6) is 0.409. The summed E-state index contributed by atoms with van der Waals surface area (Å²) in [6.45, 7) is 3.38. The maximum Gasteiger partial charge on any atom is 0.296 e. The number of oxazole rings is 1. The molecule has 1 saturated heterocycles. The Labute approximate surface area is 244 Å². The maximum atomic E-state index is 14.0. The number of methoxy groups -OCH3 is 1. The predicted octanol–water partition coefficient (Wildman–Crippen LogP) is 6.24. The number of rotatable bonds is 10. The molecule has 0 spiro atoms. The van der Waals surface area contributed by atoms with Crippen molar-refractivity contribution in [2.45, 2.75) is 50.7 Å². The number of amides is 2. The number of carbonyl (C=O) groups is 2. The largest absolute Gasteiger partial charge is 0.493 e. The van der Waals surface area contributed by atoms with E-state index < -0.39 is 0 Å². The lowest BCUT2D eigenvalue weighted by Gasteiger charge is -2.28. The Bertz CT molecular complexity index is 1580. The Morgan fingerprint density at radius 1 is 1.17 bits per heavy atom. The summed E-state index contributed by atoms with van der Waals surface area (Å²) >= 11 is 6.24. The summed E-state index contributed by atoms with van der Waals surface area (Å²) in [6.07, 6.45) is 3.27. The van der Waals surface area contributed by atoms with Gasteiger partial charge in [-0.2, -0.15) is 4.98 Å². The van der Waals surface area contributed by atoms with Crippen LogP contribution in [0.5, 0.6) is 5.75 Å². The minimum Gasteiger partial charge on any atom is -0.493 e. The molecule has 3 aromatic carbocycles. The van der Waals surface area contributed by atoms with Gasteiger partial charge in [-0.3, -0.25) is 9.59 Å². The zero-order chi connectivity index (χ0) is 28.6. The molecule has 4 aromatic rings. The second kappa shape index (κ2) is 11.1. The van der Waals surface area contributed by atoms with Crippen molar-refractivity contribution in [3.63, 3.8) is 0 Å². The van der Waals surface area contributed by atoms with Gasteiger partial charge in [-0.25, -0.2) is 0 Å². The third-order valence-electron chi connectivity index (χ3n) is 8.14. The number of carbonyl (C=O) groups excluding carboxylic acids is 2. The zero-order valence-electron chi connectivity index (χ0n) is 23.2. The average molecular weight is 573 g/mol. The lowest BCUT2D eigenvalue weighted by molar-refractivity contribution is -0.128. The van der Waals surface area contributed by atoms with Crippen LogP contribution in [0.2, 0.25) is 5.02 Å². The van der Waals surface area contributed by atoms with E-state index in [1.807, 2.05) is 59.5 Å². The molecule has 1 aromatic heterocycles. The number of benzene rings is 3. The van der Waals surface area contributed by atoms with Crippen LogP contribution >= 0.6 is 11.6 Å². The molecule has 8 nitrogen and oxygen atoms in total. The Morgan fingerprint density at radius 2 is 1.98 bits per heavy atom. The van der Waals surface area contributed by atoms with E-state index in [4.69, 9.17) is 25.7 Å². The van der Waals surface area contributed by atoms with E-state index in [9.17, 15) is 9.59 Å². The average Bonchev–Trinajstić information content (AvgIpc) is 3.54. The fourth-order valence-electron chi connectivity index (χ4n) is 5.62. The first-order valence-electron chi connectivity index (χ1n) is 14.0. The van der Waals surface area contributed by atoms with Gasteiger partial charge in [0, 0.05) is 42.7 Å². The number of nitrogens with zero attached hydrogens (tertiary/aromatic N) is 3. The van der Waals surface area contributed by atoms with Gasteiger partial charge in [0.25, 0.3) is 11.9 Å². The number of aromatic nitrogens is 1. The van der Waals surface area contributed by atoms with E-state index in [0.717, 1.165) is 30.4 Å². The number of hydrogen-bond donors (Lipinski definition) is 1. The van der Waals surface area contributed by atoms with Crippen LogP contribution in [0.3, 0.4) is 0 Å². The molecule has 212 valence electrons. The smallest absolute Gasteiger partial charge is 0.296 e. The normalized spacial score (nSPS) is 17.6. The minimum absolute atomic E-state index is 0.140. The van der Waals surface area contributed by atoms with Crippen molar-refractivity contribution >= 4 is 40.5 Å². The van der Waals surface area contributed by atoms with Crippen LogP contribution in [0.15, 0.2) is 71.1 Å². The number of ether oxygens (including phenoxy) is 1. The monoisotopic (exact) mass is 572 g/mol. The lowest BCUT2D eigenvalue weighted by Crippen LogP contribution is -2.41. The molecule has 1 aliphatic heterocycles. The van der Waals surface area contributed by atoms with E-state index in [2.05, 4.69) is 12.2 Å². The van der Waals surface area contributed by atoms with E-state index >= 15 is 0 Å². The highest BCUT2D eigenvalue weighted by Crippen LogP contribution is 2.49. The molecule has 2 fully saturated rings. The second-order valence-electron chi connectivity index (χ2n) is 11.0. The van der Waals surface area contributed by atoms with Crippen molar-refractivity contribution in [2.75, 3.05) is 25.5 Å². The number of anilines is 1. The molecule has 1 unspecified atom stereocenters. The van der Waals surface area contributed by atoms with Crippen LogP contribution < -0.4 is 10.1 Å². The molecule has 0 bridgehead atoms. The van der Waals surface area contributed by atoms with Gasteiger partial charge in [0.15, 0.2) is 11.3 Å². The van der Waals surface area contributed by atoms with Gasteiger partial charge in [-0.1, -0.05) is 54.1 Å². The molecule has 0 radical (unpaired) electrons. The fourth-order valence-corrected chi connectivity index (χ4v) is 5.81. The highest BCUT2D eigenvalue weighted by molar-refractivity contribution is 6.30. The number of hydrogen-bond acceptors (Lipinski definition) is 6. The molecule has 2 amide bonds. The number of fused-ring (bicyclic) bond motifs is 1. The Hall–Kier alpha value is -4.04. The topological polar surface area (TPSA) is 87.9 Å². The highest BCUT2D eigenvalue weighted by Gasteiger charge is 2.45. The number of nitrogens with one attached hydrogen (secondary N) is 1. The Morgan fingerprint density at radius 3 is 2.66 bits per heavy atom. The van der Waals surface area contributed by atoms with E-state index in [1.54, 1.807) is 24.1 Å². The Balaban J connectivity index is 1.28. The Kier molecular flexibility index (Phi) is 7.34. The standard InChI is InChI=1S/C32H33ClN4O4/c1-21-11-12-28(38)37(21)16-15-36(20-22-7-4-3-5-8-22)30(39)23-17-26-29(27(18-23)40-2)41-31(34-26)35-32(13-14-32)24-9-6-10-25(33)19-24/h3-10,17-19,21H,11-16,20H2,1-2H3,(H,34,35). The molecule has 2 heterocycles. The van der Waals surface area contributed by atoms with Gasteiger partial charge in [0.05, 0.1) is 12.6 Å². The van der Waals surface area contributed by atoms with Crippen LogP contribution in [0.25, 0.3) is 11.1 Å². The third kappa shape index (κ3) is 5.61. The van der Waals surface area contributed by atoms with Gasteiger partial charge < -0.3 is 24.3 Å². The molecule has 1 saturated carbocycles. The molecule has 1 N–H and O–H groups in total. The second-order valence-corrected chi connectivity index (χ2v) is 11.4. The van der Waals surface area contributed by atoms with Crippen LogP contribution in [0.4, 0.5) is 6.01 Å². The van der Waals surface area contributed by atoms with Crippen molar-refractivity contribution in [2.24, 2.45) is 0 Å². The summed E-state index contributed by atoms with van der Waals surface area (Å²) in [4.78, 5) is 34.7. The van der Waals surface area contributed by atoms with Gasteiger partial charge >= 0.3 is 0 Å². The summed E-state index contributed by atoms with van der Waals surface area (Å²) in [6, 6.07) is 21.6. The molecule has 1 aliphatic carbocycles. The van der Waals surface area contributed by atoms with Gasteiger partial charge in [0.2, 0.25) is 5.91 Å². The summed E-state index contributed by atoms with van der Waals surface area (Å²) in [5.41, 5.74) is 3.26. The first kappa shape index (κ1) is 27.1. The quantitative estimate of drug-likeness (QED) is 0.242. The zero-order valence-corrected chi connectivity index (χ0v) is 24.0. The molecule has 1 atom stereocenters. The van der Waals surface area contributed by atoms with Crippen LogP contribution in [-0.2, 0) is 16.9 Å². The fraction of sp³-hybridized carbons (Fsp3) is 0.344. The van der Waals surface area contributed by atoms with Gasteiger partial charge in [0.1, 0.15) is 5.52 Å². The molecule has 2 aliphatic rings. The van der Waals surface area contributed by atoms with Crippen molar-refractivity contribution in [3.8, 4) is 5.75 Å². The van der Waals surface area contributed by atoms with Gasteiger partial charge in [-0.15, -0.1) is 0 Å². The predicted molar refractivity (Wildman–Crippen MR) is 158 cm³/mol. The van der Waals surface area contributed by atoms with Crippen LogP contribution in [0.1, 0.15) is 54.1 Å². The summed E-state index contributed by atoms with van der Waals surface area (Å²) in [5, 5.41) is 4.13. The van der Waals surface area contributed by atoms with E-state index in [1.165, 1.54) is 0 Å². The molecule has 9 heteroatoms. The SMILES string of the molecule is COc1cc(C(=O)N(CCN2C(=O)CCC2C)Cc2ccccc2)cc2nc(NC3(c4cccc(Cl)c4)CC3)oc12. The molecule has 41 heavy (non-hydrogen) atoms. The molecular weight excluding hydrogens is 540 g/mol.